The van der Waals surface area contributed by atoms with Crippen molar-refractivity contribution < 1.29 is 0 Å². The van der Waals surface area contributed by atoms with Gasteiger partial charge >= 0.3 is 0 Å². The fourth-order valence-electron chi connectivity index (χ4n) is 3.33. The van der Waals surface area contributed by atoms with E-state index in [1.807, 2.05) is 17.4 Å². The molecular weight excluding hydrogens is 250 g/mol. The molecule has 2 aliphatic rings. The van der Waals surface area contributed by atoms with Gasteiger partial charge in [-0.1, -0.05) is 18.5 Å². The molecule has 1 N–H and O–H groups in total. The fraction of sp³-hybridized carbons (Fsp3) is 0.714. The predicted octanol–water partition coefficient (Wildman–Crippen LogP) is 4.49. The Balaban J connectivity index is 1.74. The maximum atomic E-state index is 6.31. The Morgan fingerprint density at radius 2 is 2.18 bits per heavy atom. The third-order valence-electron chi connectivity index (χ3n) is 4.29. The van der Waals surface area contributed by atoms with Gasteiger partial charge in [0, 0.05) is 10.9 Å². The Kier molecular flexibility index (Phi) is 3.47. The molecule has 0 amide bonds. The van der Waals surface area contributed by atoms with Crippen LogP contribution in [0.5, 0.6) is 0 Å². The SMILES string of the molecule is CCCNC(c1sccc1Cl)C1CC2CC2C1. The first-order valence-corrected chi connectivity index (χ1v) is 8.01. The highest BCUT2D eigenvalue weighted by atomic mass is 35.5. The van der Waals surface area contributed by atoms with Crippen molar-refractivity contribution in [2.45, 2.75) is 38.6 Å². The maximum Gasteiger partial charge on any atom is 0.0561 e. The molecule has 2 fully saturated rings. The number of fused-ring (bicyclic) bond motifs is 1. The number of rotatable bonds is 5. The largest absolute Gasteiger partial charge is 0.309 e. The zero-order chi connectivity index (χ0) is 11.8. The lowest BCUT2D eigenvalue weighted by atomic mass is 9.93. The second-order valence-corrected chi connectivity index (χ2v) is 6.91. The Morgan fingerprint density at radius 3 is 2.76 bits per heavy atom. The quantitative estimate of drug-likeness (QED) is 0.831. The van der Waals surface area contributed by atoms with Gasteiger partial charge in [-0.3, -0.25) is 0 Å². The zero-order valence-electron chi connectivity index (χ0n) is 10.3. The smallest absolute Gasteiger partial charge is 0.0561 e. The van der Waals surface area contributed by atoms with Crippen molar-refractivity contribution in [3.8, 4) is 0 Å². The van der Waals surface area contributed by atoms with Gasteiger partial charge in [0.1, 0.15) is 0 Å². The summed E-state index contributed by atoms with van der Waals surface area (Å²) in [6.07, 6.45) is 5.52. The van der Waals surface area contributed by atoms with Crippen LogP contribution in [0.1, 0.15) is 43.5 Å². The van der Waals surface area contributed by atoms with E-state index in [0.29, 0.717) is 6.04 Å². The number of nitrogens with one attached hydrogen (secondary N) is 1. The molecule has 17 heavy (non-hydrogen) atoms. The molecule has 0 bridgehead atoms. The summed E-state index contributed by atoms with van der Waals surface area (Å²) in [6, 6.07) is 2.55. The van der Waals surface area contributed by atoms with E-state index in [9.17, 15) is 0 Å². The average molecular weight is 270 g/mol. The van der Waals surface area contributed by atoms with E-state index in [1.54, 1.807) is 0 Å². The summed E-state index contributed by atoms with van der Waals surface area (Å²) in [5.41, 5.74) is 0. The summed E-state index contributed by atoms with van der Waals surface area (Å²) in [5.74, 6) is 2.91. The number of hydrogen-bond acceptors (Lipinski definition) is 2. The Labute approximate surface area is 113 Å². The highest BCUT2D eigenvalue weighted by Crippen LogP contribution is 2.57. The highest BCUT2D eigenvalue weighted by molar-refractivity contribution is 7.10. The molecule has 0 aliphatic heterocycles. The number of hydrogen-bond donors (Lipinski definition) is 1. The molecular formula is C14H20ClNS. The molecule has 1 aromatic heterocycles. The molecule has 0 saturated heterocycles. The molecule has 1 heterocycles. The van der Waals surface area contributed by atoms with E-state index in [4.69, 9.17) is 11.6 Å². The lowest BCUT2D eigenvalue weighted by Crippen LogP contribution is -2.28. The van der Waals surface area contributed by atoms with Crippen LogP contribution in [-0.2, 0) is 0 Å². The molecule has 1 aromatic rings. The minimum Gasteiger partial charge on any atom is -0.309 e. The van der Waals surface area contributed by atoms with E-state index in [1.165, 1.54) is 30.6 Å². The third-order valence-corrected chi connectivity index (χ3v) is 5.73. The normalized spacial score (nSPS) is 32.5. The predicted molar refractivity (Wildman–Crippen MR) is 74.7 cm³/mol. The summed E-state index contributed by atoms with van der Waals surface area (Å²) in [6.45, 7) is 3.33. The van der Waals surface area contributed by atoms with E-state index in [2.05, 4.69) is 17.6 Å². The summed E-state index contributed by atoms with van der Waals surface area (Å²) < 4.78 is 0. The van der Waals surface area contributed by atoms with E-state index in [-0.39, 0.29) is 0 Å². The fourth-order valence-corrected chi connectivity index (χ4v) is 4.68. The first-order chi connectivity index (χ1) is 8.29. The van der Waals surface area contributed by atoms with Crippen molar-refractivity contribution in [2.75, 3.05) is 6.54 Å². The van der Waals surface area contributed by atoms with Gasteiger partial charge in [0.2, 0.25) is 0 Å². The number of halogens is 1. The molecule has 2 aliphatic carbocycles. The molecule has 0 spiro atoms. The highest BCUT2D eigenvalue weighted by Gasteiger charge is 2.48. The van der Waals surface area contributed by atoms with Gasteiger partial charge in [-0.15, -0.1) is 11.3 Å². The summed E-state index contributed by atoms with van der Waals surface area (Å²) in [5, 5.41) is 6.80. The molecule has 94 valence electrons. The minimum absolute atomic E-state index is 0.509. The van der Waals surface area contributed by atoms with Gasteiger partial charge in [0.25, 0.3) is 0 Å². The van der Waals surface area contributed by atoms with Gasteiger partial charge < -0.3 is 5.32 Å². The topological polar surface area (TPSA) is 12.0 Å². The van der Waals surface area contributed by atoms with Crippen LogP contribution in [0.4, 0.5) is 0 Å². The molecule has 3 heteroatoms. The molecule has 1 nitrogen and oxygen atoms in total. The first kappa shape index (κ1) is 12.0. The number of thiophene rings is 1. The monoisotopic (exact) mass is 269 g/mol. The molecule has 0 radical (unpaired) electrons. The van der Waals surface area contributed by atoms with Crippen molar-refractivity contribution in [2.24, 2.45) is 17.8 Å². The van der Waals surface area contributed by atoms with Gasteiger partial charge in [-0.2, -0.15) is 0 Å². The van der Waals surface area contributed by atoms with Gasteiger partial charge in [0.05, 0.1) is 5.02 Å². The Hall–Kier alpha value is -0.0500. The summed E-state index contributed by atoms with van der Waals surface area (Å²) in [4.78, 5) is 1.37. The molecule has 2 saturated carbocycles. The van der Waals surface area contributed by atoms with Crippen molar-refractivity contribution in [1.82, 2.24) is 5.32 Å². The molecule has 3 atom stereocenters. The van der Waals surface area contributed by atoms with Crippen molar-refractivity contribution in [3.05, 3.63) is 21.3 Å². The summed E-state index contributed by atoms with van der Waals surface area (Å²) >= 11 is 8.13. The lowest BCUT2D eigenvalue weighted by Gasteiger charge is -2.25. The van der Waals surface area contributed by atoms with Crippen molar-refractivity contribution in [3.63, 3.8) is 0 Å². The van der Waals surface area contributed by atoms with Crippen LogP contribution in [0.3, 0.4) is 0 Å². The van der Waals surface area contributed by atoms with Gasteiger partial charge in [0.15, 0.2) is 0 Å². The van der Waals surface area contributed by atoms with Crippen molar-refractivity contribution >= 4 is 22.9 Å². The van der Waals surface area contributed by atoms with Crippen LogP contribution in [0.15, 0.2) is 11.4 Å². The molecule has 3 rings (SSSR count). The first-order valence-electron chi connectivity index (χ1n) is 6.75. The minimum atomic E-state index is 0.509. The maximum absolute atomic E-state index is 6.31. The van der Waals surface area contributed by atoms with Gasteiger partial charge in [-0.05, 0) is 61.4 Å². The van der Waals surface area contributed by atoms with Crippen LogP contribution >= 0.6 is 22.9 Å². The van der Waals surface area contributed by atoms with Crippen LogP contribution in [0, 0.1) is 17.8 Å². The van der Waals surface area contributed by atoms with Crippen LogP contribution in [0.2, 0.25) is 5.02 Å². The second kappa shape index (κ2) is 4.91. The summed E-state index contributed by atoms with van der Waals surface area (Å²) in [7, 11) is 0. The Bertz CT molecular complexity index is 379. The lowest BCUT2D eigenvalue weighted by molar-refractivity contribution is 0.346. The van der Waals surface area contributed by atoms with E-state index >= 15 is 0 Å². The van der Waals surface area contributed by atoms with Crippen LogP contribution in [-0.4, -0.2) is 6.54 Å². The molecule has 3 unspecified atom stereocenters. The second-order valence-electron chi connectivity index (χ2n) is 5.55. The third kappa shape index (κ3) is 2.40. The van der Waals surface area contributed by atoms with Crippen molar-refractivity contribution in [1.29, 1.82) is 0 Å². The van der Waals surface area contributed by atoms with Crippen LogP contribution < -0.4 is 5.32 Å². The molecule has 0 aromatic carbocycles. The van der Waals surface area contributed by atoms with Crippen LogP contribution in [0.25, 0.3) is 0 Å². The van der Waals surface area contributed by atoms with E-state index in [0.717, 1.165) is 29.3 Å². The van der Waals surface area contributed by atoms with Gasteiger partial charge in [-0.25, -0.2) is 0 Å². The Morgan fingerprint density at radius 1 is 1.41 bits per heavy atom. The standard InChI is InChI=1S/C14H20ClNS/c1-2-4-16-13(14-12(15)3-5-17-14)11-7-9-6-10(9)8-11/h3,5,9-11,13,16H,2,4,6-8H2,1H3. The van der Waals surface area contributed by atoms with E-state index < -0.39 is 0 Å². The average Bonchev–Trinajstić information content (AvgIpc) is 2.74. The zero-order valence-corrected chi connectivity index (χ0v) is 11.9.